The Balaban J connectivity index is 1.38. The highest BCUT2D eigenvalue weighted by atomic mass is 16.5. The Kier molecular flexibility index (Phi) is 7.91. The van der Waals surface area contributed by atoms with E-state index in [1.165, 1.54) is 9.80 Å². The summed E-state index contributed by atoms with van der Waals surface area (Å²) in [5.41, 5.74) is 1.79. The molecule has 0 aromatic heterocycles. The van der Waals surface area contributed by atoms with Gasteiger partial charge in [0.15, 0.2) is 0 Å². The molecule has 1 heterocycles. The molecule has 3 aromatic rings. The zero-order valence-corrected chi connectivity index (χ0v) is 19.0. The van der Waals surface area contributed by atoms with Crippen LogP contribution in [-0.4, -0.2) is 65.7 Å². The first kappa shape index (κ1) is 23.5. The molecule has 1 aliphatic rings. The number of hydrogen-bond acceptors (Lipinski definition) is 5. The summed E-state index contributed by atoms with van der Waals surface area (Å²) in [6.45, 7) is 1.81. The van der Waals surface area contributed by atoms with Gasteiger partial charge in [-0.1, -0.05) is 66.7 Å². The zero-order valence-electron chi connectivity index (χ0n) is 19.0. The fourth-order valence-corrected chi connectivity index (χ4v) is 3.95. The van der Waals surface area contributed by atoms with Gasteiger partial charge in [-0.15, -0.1) is 0 Å². The number of rotatable bonds is 11. The van der Waals surface area contributed by atoms with Gasteiger partial charge in [0.25, 0.3) is 5.91 Å². The summed E-state index contributed by atoms with van der Waals surface area (Å²) in [5.74, 6) is 0.479. The minimum absolute atomic E-state index is 0.0368. The van der Waals surface area contributed by atoms with Crippen molar-refractivity contribution < 1.29 is 19.4 Å². The highest BCUT2D eigenvalue weighted by Gasteiger charge is 2.36. The van der Waals surface area contributed by atoms with Gasteiger partial charge in [0, 0.05) is 31.9 Å². The first-order chi connectivity index (χ1) is 16.6. The van der Waals surface area contributed by atoms with Gasteiger partial charge in [-0.3, -0.25) is 19.5 Å². The Morgan fingerprint density at radius 3 is 2.18 bits per heavy atom. The number of nitrogens with zero attached hydrogens (tertiary/aromatic N) is 3. The Bertz CT molecular complexity index is 1060. The minimum Gasteiger partial charge on any atom is -0.491 e. The highest BCUT2D eigenvalue weighted by Crippen LogP contribution is 2.20. The summed E-state index contributed by atoms with van der Waals surface area (Å²) >= 11 is 0. The van der Waals surface area contributed by atoms with E-state index in [1.54, 1.807) is 0 Å². The molecule has 176 valence electrons. The Labute approximate surface area is 199 Å². The number of amides is 3. The normalized spacial score (nSPS) is 14.6. The number of benzene rings is 3. The zero-order chi connectivity index (χ0) is 23.8. The van der Waals surface area contributed by atoms with Crippen LogP contribution in [0.4, 0.5) is 10.5 Å². The van der Waals surface area contributed by atoms with E-state index in [2.05, 4.69) is 0 Å². The number of carbonyl (C=O) groups excluding carboxylic acids is 2. The van der Waals surface area contributed by atoms with E-state index in [0.717, 1.165) is 5.56 Å². The largest absolute Gasteiger partial charge is 0.491 e. The van der Waals surface area contributed by atoms with Crippen LogP contribution in [-0.2, 0) is 11.3 Å². The number of para-hydroxylation sites is 2. The van der Waals surface area contributed by atoms with Crippen molar-refractivity contribution in [3.63, 3.8) is 0 Å². The van der Waals surface area contributed by atoms with Crippen LogP contribution in [0.25, 0.3) is 0 Å². The summed E-state index contributed by atoms with van der Waals surface area (Å²) in [7, 11) is 0. The molecule has 1 aliphatic heterocycles. The van der Waals surface area contributed by atoms with Crippen LogP contribution in [0.5, 0.6) is 5.75 Å². The van der Waals surface area contributed by atoms with Gasteiger partial charge in [0.1, 0.15) is 25.0 Å². The summed E-state index contributed by atoms with van der Waals surface area (Å²) in [6.07, 6.45) is -0.727. The third-order valence-corrected chi connectivity index (χ3v) is 5.67. The molecule has 4 rings (SSSR count). The average molecular weight is 460 g/mol. The minimum atomic E-state index is -0.727. The Morgan fingerprint density at radius 1 is 0.882 bits per heavy atom. The molecule has 7 heteroatoms. The van der Waals surface area contributed by atoms with E-state index < -0.39 is 6.10 Å². The maximum Gasteiger partial charge on any atom is 0.331 e. The van der Waals surface area contributed by atoms with E-state index in [9.17, 15) is 14.7 Å². The molecule has 3 aromatic carbocycles. The third-order valence-electron chi connectivity index (χ3n) is 5.67. The monoisotopic (exact) mass is 459 g/mol. The number of aliphatic hydroxyl groups excluding tert-OH is 1. The molecular weight excluding hydrogens is 430 g/mol. The smallest absolute Gasteiger partial charge is 0.331 e. The molecule has 1 saturated heterocycles. The molecule has 0 aliphatic carbocycles. The lowest BCUT2D eigenvalue weighted by molar-refractivity contribution is -0.125. The molecule has 0 spiro atoms. The number of anilines is 1. The van der Waals surface area contributed by atoms with E-state index in [-0.39, 0.29) is 31.6 Å². The highest BCUT2D eigenvalue weighted by molar-refractivity contribution is 6.12. The summed E-state index contributed by atoms with van der Waals surface area (Å²) in [5, 5.41) is 10.6. The Morgan fingerprint density at radius 2 is 1.50 bits per heavy atom. The number of aliphatic hydroxyl groups is 1. The second kappa shape index (κ2) is 11.4. The van der Waals surface area contributed by atoms with Gasteiger partial charge >= 0.3 is 6.03 Å². The second-order valence-corrected chi connectivity index (χ2v) is 8.25. The predicted molar refractivity (Wildman–Crippen MR) is 131 cm³/mol. The molecule has 0 bridgehead atoms. The van der Waals surface area contributed by atoms with E-state index >= 15 is 0 Å². The number of imide groups is 1. The van der Waals surface area contributed by atoms with Crippen molar-refractivity contribution in [2.45, 2.75) is 12.6 Å². The molecular formula is C27H29N3O4. The fourth-order valence-electron chi connectivity index (χ4n) is 3.95. The quantitative estimate of drug-likeness (QED) is 0.445. The summed E-state index contributed by atoms with van der Waals surface area (Å²) in [4.78, 5) is 30.3. The van der Waals surface area contributed by atoms with Crippen molar-refractivity contribution in [3.05, 3.63) is 96.6 Å². The van der Waals surface area contributed by atoms with Crippen molar-refractivity contribution in [2.24, 2.45) is 0 Å². The van der Waals surface area contributed by atoms with Crippen molar-refractivity contribution in [3.8, 4) is 5.75 Å². The predicted octanol–water partition coefficient (Wildman–Crippen LogP) is 3.40. The van der Waals surface area contributed by atoms with Crippen molar-refractivity contribution in [2.75, 3.05) is 37.7 Å². The van der Waals surface area contributed by atoms with Crippen molar-refractivity contribution in [1.82, 2.24) is 9.80 Å². The molecule has 1 fully saturated rings. The molecule has 1 atom stereocenters. The van der Waals surface area contributed by atoms with Crippen LogP contribution in [0.1, 0.15) is 5.56 Å². The maximum atomic E-state index is 12.9. The van der Waals surface area contributed by atoms with Crippen LogP contribution in [0.2, 0.25) is 0 Å². The van der Waals surface area contributed by atoms with Gasteiger partial charge in [0.05, 0.1) is 0 Å². The van der Waals surface area contributed by atoms with Gasteiger partial charge in [0.2, 0.25) is 0 Å². The lowest BCUT2D eigenvalue weighted by atomic mass is 10.2. The molecule has 1 N–H and O–H groups in total. The number of hydrogen-bond donors (Lipinski definition) is 1. The van der Waals surface area contributed by atoms with Crippen molar-refractivity contribution in [1.29, 1.82) is 0 Å². The first-order valence-corrected chi connectivity index (χ1v) is 11.4. The van der Waals surface area contributed by atoms with Gasteiger partial charge < -0.3 is 9.84 Å². The second-order valence-electron chi connectivity index (χ2n) is 8.25. The molecule has 0 saturated carbocycles. The molecule has 1 unspecified atom stereocenters. The summed E-state index contributed by atoms with van der Waals surface area (Å²) in [6, 6.07) is 28.2. The lowest BCUT2D eigenvalue weighted by Gasteiger charge is -2.27. The van der Waals surface area contributed by atoms with Crippen LogP contribution < -0.4 is 9.64 Å². The fraction of sp³-hybridized carbons (Fsp3) is 0.259. The van der Waals surface area contributed by atoms with Crippen LogP contribution in [0.3, 0.4) is 0 Å². The van der Waals surface area contributed by atoms with Crippen LogP contribution in [0, 0.1) is 0 Å². The first-order valence-electron chi connectivity index (χ1n) is 11.4. The topological polar surface area (TPSA) is 73.3 Å². The number of carbonyl (C=O) groups is 2. The molecule has 34 heavy (non-hydrogen) atoms. The average Bonchev–Trinajstić information content (AvgIpc) is 3.16. The van der Waals surface area contributed by atoms with E-state index in [4.69, 9.17) is 4.74 Å². The van der Waals surface area contributed by atoms with Crippen molar-refractivity contribution >= 4 is 17.6 Å². The summed E-state index contributed by atoms with van der Waals surface area (Å²) < 4.78 is 5.69. The number of urea groups is 1. The van der Waals surface area contributed by atoms with E-state index in [0.29, 0.717) is 31.1 Å². The van der Waals surface area contributed by atoms with Gasteiger partial charge in [-0.2, -0.15) is 0 Å². The molecule has 0 radical (unpaired) electrons. The number of ether oxygens (including phenoxy) is 1. The van der Waals surface area contributed by atoms with Gasteiger partial charge in [-0.05, 0) is 29.8 Å². The van der Waals surface area contributed by atoms with Crippen LogP contribution in [0.15, 0.2) is 91.0 Å². The SMILES string of the molecule is O=C1CN(c2ccccc2)C(=O)N1CCN(Cc1ccccc1)CC(O)COc1ccccc1. The Hall–Kier alpha value is -3.68. The standard InChI is InChI=1S/C27H29N3O4/c31-24(21-34-25-14-8-3-9-15-25)19-28(18-22-10-4-1-5-11-22)16-17-29-26(32)20-30(27(29)33)23-12-6-2-7-13-23/h1-15,24,31H,16-21H2. The maximum absolute atomic E-state index is 12.9. The third kappa shape index (κ3) is 6.21. The van der Waals surface area contributed by atoms with Gasteiger partial charge in [-0.25, -0.2) is 4.79 Å². The lowest BCUT2D eigenvalue weighted by Crippen LogP contribution is -2.42. The molecule has 7 nitrogen and oxygen atoms in total. The van der Waals surface area contributed by atoms with E-state index in [1.807, 2.05) is 95.9 Å². The molecule has 3 amide bonds. The van der Waals surface area contributed by atoms with Crippen LogP contribution >= 0.6 is 0 Å².